The lowest BCUT2D eigenvalue weighted by Gasteiger charge is -2.09. The van der Waals surface area contributed by atoms with Gasteiger partial charge in [-0.3, -0.25) is 0 Å². The predicted molar refractivity (Wildman–Crippen MR) is 397 cm³/mol. The summed E-state index contributed by atoms with van der Waals surface area (Å²) in [6.45, 7) is 13.9. The largest absolute Gasteiger partial charge is 0.396 e. The fourth-order valence-electron chi connectivity index (χ4n) is 10.3. The standard InChI is InChI=1S/C21H42O2.C21H38O2.C21H34O2.C20H38O2/c3*1-3-4-18-21(23)19-16-14-12-10-8-6-5-7-9-11-13-15-17-20(2)22;1-2-3-17-20(22)18-15-13-11-9-7-5-4-6-8-10-12-14-16-19-21/h21,23H,3-19H2,1-2H3;9,11,16,19,21,23H,3-8,10,12-15,17-18H2,1-2H3;21,23H,3-8,10,12-15,17-18H2,1-2H3;8,10,15,18,20-22H,2-7,9,11-14,16-17,19H2,1H3/b;11-9-,19-16-;;10-8-,18-15-/t3*21-;20-/m1111/s1. The summed E-state index contributed by atoms with van der Waals surface area (Å²) in [7, 11) is 0. The number of rotatable bonds is 62. The summed E-state index contributed by atoms with van der Waals surface area (Å²) in [5.74, 6) is 13.2. The van der Waals surface area contributed by atoms with Crippen molar-refractivity contribution in [2.45, 2.75) is 432 Å². The molecule has 0 aliphatic carbocycles. The molecule has 0 saturated carbocycles. The van der Waals surface area contributed by atoms with Gasteiger partial charge in [-0.2, -0.15) is 0 Å². The smallest absolute Gasteiger partial charge is 0.129 e. The molecular formula is C83H152O8. The second-order valence-corrected chi connectivity index (χ2v) is 26.2. The normalized spacial score (nSPS) is 12.5. The van der Waals surface area contributed by atoms with Gasteiger partial charge in [-0.25, -0.2) is 0 Å². The van der Waals surface area contributed by atoms with Crippen LogP contribution >= 0.6 is 0 Å². The van der Waals surface area contributed by atoms with E-state index in [1.807, 2.05) is 12.2 Å². The lowest BCUT2D eigenvalue weighted by molar-refractivity contribution is -0.117. The van der Waals surface area contributed by atoms with Gasteiger partial charge in [0.25, 0.3) is 0 Å². The fraction of sp³-hybridized carbons (Fsp3) is 0.819. The van der Waals surface area contributed by atoms with Crippen LogP contribution < -0.4 is 0 Å². The molecule has 0 unspecified atom stereocenters. The van der Waals surface area contributed by atoms with Crippen molar-refractivity contribution in [1.29, 1.82) is 0 Å². The summed E-state index contributed by atoms with van der Waals surface area (Å²) in [4.78, 5) is 32.3. The number of hydrogen-bond donors (Lipinski definition) is 5. The zero-order valence-electron chi connectivity index (χ0n) is 61.2. The van der Waals surface area contributed by atoms with Crippen LogP contribution in [0.4, 0.5) is 0 Å². The second kappa shape index (κ2) is 84.9. The Kier molecular flexibility index (Phi) is 88.0. The van der Waals surface area contributed by atoms with Crippen molar-refractivity contribution in [2.75, 3.05) is 6.61 Å². The van der Waals surface area contributed by atoms with E-state index in [1.165, 1.54) is 180 Å². The molecule has 0 amide bonds. The molecule has 0 heterocycles. The second-order valence-electron chi connectivity index (χ2n) is 26.2. The van der Waals surface area contributed by atoms with Crippen LogP contribution in [0, 0.1) is 23.7 Å². The van der Waals surface area contributed by atoms with Gasteiger partial charge < -0.3 is 39.9 Å². The number of ketones is 3. The molecule has 0 aromatic carbocycles. The molecule has 8 heteroatoms. The summed E-state index contributed by atoms with van der Waals surface area (Å²) >= 11 is 0. The molecule has 5 N–H and O–H groups in total. The third-order valence-electron chi connectivity index (χ3n) is 16.3. The quantitative estimate of drug-likeness (QED) is 0.0229. The van der Waals surface area contributed by atoms with Gasteiger partial charge in [0.1, 0.15) is 23.5 Å². The molecule has 532 valence electrons. The molecule has 0 fully saturated rings. The Bertz CT molecular complexity index is 1720. The SMILES string of the molecule is CCCC[C@@H](O)/C=C\CCCCCCC/C=C\CCCC(C)=O.CCCC[C@@H](O)/C=C\CCCCCCC/C=C\CCCCO.CCCC[C@@H](O)C#CCCCCCCCC#CCCCC(C)=O.CCCC[C@@H](O)CCCCCCCCCCCCCCC(C)=O. The molecular weight excluding hydrogens is 1120 g/mol. The van der Waals surface area contributed by atoms with Gasteiger partial charge in [-0.05, 0) is 162 Å². The maximum absolute atomic E-state index is 10.8. The maximum atomic E-state index is 10.8. The molecule has 0 bridgehead atoms. The Morgan fingerprint density at radius 1 is 0.308 bits per heavy atom. The average Bonchev–Trinajstić information content (AvgIpc) is 3.54. The van der Waals surface area contributed by atoms with Crippen LogP contribution in [0.2, 0.25) is 0 Å². The lowest BCUT2D eigenvalue weighted by atomic mass is 10.0. The van der Waals surface area contributed by atoms with Crippen LogP contribution in [-0.2, 0) is 14.4 Å². The highest BCUT2D eigenvalue weighted by Crippen LogP contribution is 2.16. The summed E-state index contributed by atoms with van der Waals surface area (Å²) < 4.78 is 0. The van der Waals surface area contributed by atoms with E-state index in [9.17, 15) is 34.8 Å². The number of Topliss-reactive ketones (excluding diaryl/α,β-unsaturated/α-hetero) is 3. The highest BCUT2D eigenvalue weighted by atomic mass is 16.3. The Labute approximate surface area is 565 Å². The number of aliphatic hydroxyl groups excluding tert-OH is 5. The topological polar surface area (TPSA) is 152 Å². The number of hydrogen-bond acceptors (Lipinski definition) is 8. The van der Waals surface area contributed by atoms with E-state index < -0.39 is 6.10 Å². The molecule has 0 aromatic heterocycles. The lowest BCUT2D eigenvalue weighted by Crippen LogP contribution is -2.05. The summed E-state index contributed by atoms with van der Waals surface area (Å²) in [5.41, 5.74) is 0. The fourth-order valence-corrected chi connectivity index (χ4v) is 10.3. The Morgan fingerprint density at radius 3 is 1.02 bits per heavy atom. The minimum absolute atomic E-state index is 0.0506. The molecule has 0 aromatic rings. The summed E-state index contributed by atoms with van der Waals surface area (Å²) in [6, 6.07) is 0. The Hall–Kier alpha value is -3.11. The van der Waals surface area contributed by atoms with Crippen molar-refractivity contribution >= 4 is 17.3 Å². The maximum Gasteiger partial charge on any atom is 0.129 e. The van der Waals surface area contributed by atoms with Gasteiger partial charge in [0, 0.05) is 45.1 Å². The van der Waals surface area contributed by atoms with Gasteiger partial charge in [0.2, 0.25) is 0 Å². The first kappa shape index (κ1) is 94.3. The molecule has 0 rings (SSSR count). The van der Waals surface area contributed by atoms with Crippen molar-refractivity contribution in [3.8, 4) is 23.7 Å². The van der Waals surface area contributed by atoms with Crippen LogP contribution in [0.1, 0.15) is 408 Å². The monoisotopic (exact) mass is 1280 g/mol. The first-order chi connectivity index (χ1) is 44.3. The van der Waals surface area contributed by atoms with E-state index in [1.54, 1.807) is 20.8 Å². The minimum Gasteiger partial charge on any atom is -0.396 e. The summed E-state index contributed by atoms with van der Waals surface area (Å²) in [5, 5.41) is 47.4. The predicted octanol–water partition coefficient (Wildman–Crippen LogP) is 23.3. The van der Waals surface area contributed by atoms with E-state index >= 15 is 0 Å². The number of carbonyl (C=O) groups is 3. The molecule has 0 aliphatic rings. The van der Waals surface area contributed by atoms with Gasteiger partial charge >= 0.3 is 0 Å². The zero-order valence-corrected chi connectivity index (χ0v) is 61.2. The van der Waals surface area contributed by atoms with E-state index in [-0.39, 0.29) is 24.1 Å². The number of aliphatic hydroxyl groups is 5. The molecule has 0 aliphatic heterocycles. The van der Waals surface area contributed by atoms with Gasteiger partial charge in [0.05, 0.1) is 18.3 Å². The van der Waals surface area contributed by atoms with Crippen LogP contribution in [0.5, 0.6) is 0 Å². The Morgan fingerprint density at radius 2 is 0.604 bits per heavy atom. The number of allylic oxidation sites excluding steroid dienone is 6. The molecule has 8 nitrogen and oxygen atoms in total. The number of carbonyl (C=O) groups excluding carboxylic acids is 3. The van der Waals surface area contributed by atoms with E-state index in [2.05, 4.69) is 87.8 Å². The highest BCUT2D eigenvalue weighted by molar-refractivity contribution is 5.76. The first-order valence-corrected chi connectivity index (χ1v) is 38.7. The van der Waals surface area contributed by atoms with Crippen molar-refractivity contribution in [3.63, 3.8) is 0 Å². The van der Waals surface area contributed by atoms with Crippen LogP contribution in [0.25, 0.3) is 0 Å². The Balaban J connectivity index is -0.000000555. The highest BCUT2D eigenvalue weighted by Gasteiger charge is 2.04. The van der Waals surface area contributed by atoms with Gasteiger partial charge in [-0.15, -0.1) is 17.8 Å². The van der Waals surface area contributed by atoms with Crippen molar-refractivity contribution in [3.05, 3.63) is 48.6 Å². The molecule has 0 radical (unpaired) electrons. The minimum atomic E-state index is -0.427. The van der Waals surface area contributed by atoms with Crippen LogP contribution in [0.15, 0.2) is 48.6 Å². The molecule has 0 saturated heterocycles. The van der Waals surface area contributed by atoms with Crippen LogP contribution in [-0.4, -0.2) is 73.9 Å². The third-order valence-corrected chi connectivity index (χ3v) is 16.3. The van der Waals surface area contributed by atoms with Crippen molar-refractivity contribution in [2.24, 2.45) is 0 Å². The van der Waals surface area contributed by atoms with Crippen LogP contribution in [0.3, 0.4) is 0 Å². The van der Waals surface area contributed by atoms with E-state index in [0.29, 0.717) is 31.0 Å². The zero-order chi connectivity index (χ0) is 67.8. The first-order valence-electron chi connectivity index (χ1n) is 38.7. The van der Waals surface area contributed by atoms with Crippen molar-refractivity contribution < 1.29 is 39.9 Å². The van der Waals surface area contributed by atoms with E-state index in [4.69, 9.17) is 5.11 Å². The molecule has 91 heavy (non-hydrogen) atoms. The molecule has 0 spiro atoms. The third kappa shape index (κ3) is 98.1. The average molecular weight is 1280 g/mol. The number of unbranched alkanes of at least 4 members (excludes halogenated alkanes) is 37. The van der Waals surface area contributed by atoms with Gasteiger partial charge in [0.15, 0.2) is 0 Å². The van der Waals surface area contributed by atoms with Gasteiger partial charge in [-0.1, -0.05) is 262 Å². The van der Waals surface area contributed by atoms with Crippen molar-refractivity contribution in [1.82, 2.24) is 0 Å². The summed E-state index contributed by atoms with van der Waals surface area (Å²) in [6.07, 6.45) is 80.0. The van der Waals surface area contributed by atoms with E-state index in [0.717, 1.165) is 167 Å². The molecule has 4 atom stereocenters.